The van der Waals surface area contributed by atoms with Crippen molar-refractivity contribution in [3.63, 3.8) is 0 Å². The highest BCUT2D eigenvalue weighted by atomic mass is 16.6. The number of benzene rings is 4. The molecule has 66 heavy (non-hydrogen) atoms. The van der Waals surface area contributed by atoms with Gasteiger partial charge in [0.1, 0.15) is 44.1 Å². The highest BCUT2D eigenvalue weighted by Crippen LogP contribution is 2.46. The summed E-state index contributed by atoms with van der Waals surface area (Å²) in [5, 5.41) is 9.56. The van der Waals surface area contributed by atoms with E-state index in [1.54, 1.807) is 34.6 Å². The minimum absolute atomic E-state index is 0.0109. The van der Waals surface area contributed by atoms with Crippen LogP contribution in [-0.4, -0.2) is 108 Å². The van der Waals surface area contributed by atoms with E-state index in [4.69, 9.17) is 23.7 Å². The average molecular weight is 903 g/mol. The number of esters is 3. The van der Waals surface area contributed by atoms with Crippen molar-refractivity contribution >= 4 is 36.1 Å². The summed E-state index contributed by atoms with van der Waals surface area (Å²) in [5.41, 5.74) is 7.93. The molecule has 14 nitrogen and oxygen atoms in total. The molecule has 0 radical (unpaired) electrons. The van der Waals surface area contributed by atoms with E-state index in [1.807, 2.05) is 84.9 Å². The van der Waals surface area contributed by atoms with Crippen LogP contribution >= 0.6 is 0 Å². The van der Waals surface area contributed by atoms with E-state index in [0.717, 1.165) is 49.4 Å². The van der Waals surface area contributed by atoms with Gasteiger partial charge in [-0.15, -0.1) is 0 Å². The van der Waals surface area contributed by atoms with Crippen molar-refractivity contribution in [3.05, 3.63) is 145 Å². The van der Waals surface area contributed by atoms with E-state index in [0.29, 0.717) is 0 Å². The van der Waals surface area contributed by atoms with E-state index in [9.17, 15) is 33.9 Å². The van der Waals surface area contributed by atoms with Crippen LogP contribution in [0.4, 0.5) is 9.59 Å². The van der Waals surface area contributed by atoms with Crippen molar-refractivity contribution in [2.75, 3.05) is 39.5 Å². The highest BCUT2D eigenvalue weighted by Gasteiger charge is 2.38. The number of aliphatic carboxylic acids is 1. The largest absolute Gasteiger partial charge is 0.480 e. The fourth-order valence-corrected chi connectivity index (χ4v) is 8.07. The number of carbonyl (C=O) groups is 6. The van der Waals surface area contributed by atoms with Crippen molar-refractivity contribution in [2.24, 2.45) is 0 Å². The number of amides is 2. The molecule has 0 aliphatic heterocycles. The van der Waals surface area contributed by atoms with Gasteiger partial charge in [0.2, 0.25) is 0 Å². The zero-order valence-corrected chi connectivity index (χ0v) is 38.1. The molecule has 0 aromatic heterocycles. The molecule has 2 amide bonds. The highest BCUT2D eigenvalue weighted by molar-refractivity contribution is 5.87. The lowest BCUT2D eigenvalue weighted by Gasteiger charge is -2.31. The minimum Gasteiger partial charge on any atom is -0.480 e. The van der Waals surface area contributed by atoms with Crippen LogP contribution in [0, 0.1) is 0 Å². The Bertz CT molecular complexity index is 2310. The van der Waals surface area contributed by atoms with Crippen LogP contribution in [0.3, 0.4) is 0 Å². The maximum atomic E-state index is 13.2. The second-order valence-electron chi connectivity index (χ2n) is 16.4. The van der Waals surface area contributed by atoms with Gasteiger partial charge in [0.15, 0.2) is 0 Å². The van der Waals surface area contributed by atoms with Crippen LogP contribution in [0.25, 0.3) is 22.3 Å². The molecule has 4 aromatic carbocycles. The lowest BCUT2D eigenvalue weighted by molar-refractivity contribution is -0.164. The van der Waals surface area contributed by atoms with Crippen LogP contribution < -0.4 is 0 Å². The number of likely N-dealkylation sites (N-methyl/N-ethyl adjacent to an activating group) is 2. The van der Waals surface area contributed by atoms with Crippen LogP contribution in [0.15, 0.2) is 122 Å². The molecule has 2 atom stereocenters. The SMILES string of the molecule is C=CCOC(=O)C[C@@H](C(=O)O)N(CC)C(=O)OCC1c2ccccc2-c2ccccc21.C=CCOC(=O)C[C@@H](C(=O)OC(C)(C)C)N(CC)C(=O)OCC1c2ccccc2-c2ccccc21. The van der Waals surface area contributed by atoms with Gasteiger partial charge >= 0.3 is 36.1 Å². The summed E-state index contributed by atoms with van der Waals surface area (Å²) in [6.45, 7) is 15.9. The molecule has 6 rings (SSSR count). The summed E-state index contributed by atoms with van der Waals surface area (Å²) in [4.78, 5) is 77.1. The predicted octanol–water partition coefficient (Wildman–Crippen LogP) is 8.92. The zero-order chi connectivity index (χ0) is 48.0. The molecule has 348 valence electrons. The van der Waals surface area contributed by atoms with E-state index < -0.39 is 60.2 Å². The number of ether oxygens (including phenoxy) is 5. The molecule has 0 saturated heterocycles. The quantitative estimate of drug-likeness (QED) is 0.0571. The molecular weight excluding hydrogens is 845 g/mol. The third-order valence-electron chi connectivity index (χ3n) is 11.0. The fraction of sp³-hybridized carbons (Fsp3) is 0.346. The Hall–Kier alpha value is -7.22. The number of hydrogen-bond acceptors (Lipinski definition) is 11. The fourth-order valence-electron chi connectivity index (χ4n) is 8.07. The van der Waals surface area contributed by atoms with Crippen molar-refractivity contribution in [2.45, 2.75) is 77.0 Å². The molecule has 2 aliphatic rings. The number of carbonyl (C=O) groups excluding carboxylic acids is 5. The lowest BCUT2D eigenvalue weighted by Crippen LogP contribution is -2.49. The topological polar surface area (TPSA) is 175 Å². The van der Waals surface area contributed by atoms with Gasteiger partial charge in [0.25, 0.3) is 0 Å². The van der Waals surface area contributed by atoms with Gasteiger partial charge in [0, 0.05) is 24.9 Å². The second-order valence-corrected chi connectivity index (χ2v) is 16.4. The first kappa shape index (κ1) is 49.8. The number of hydrogen-bond donors (Lipinski definition) is 1. The number of fused-ring (bicyclic) bond motifs is 6. The minimum atomic E-state index is -1.38. The average Bonchev–Trinajstić information content (AvgIpc) is 3.80. The van der Waals surface area contributed by atoms with Gasteiger partial charge in [0.05, 0.1) is 12.8 Å². The molecule has 4 aromatic rings. The summed E-state index contributed by atoms with van der Waals surface area (Å²) in [7, 11) is 0. The number of carboxylic acids is 1. The van der Waals surface area contributed by atoms with Crippen LogP contribution in [0.5, 0.6) is 0 Å². The summed E-state index contributed by atoms with van der Waals surface area (Å²) >= 11 is 0. The Balaban J connectivity index is 0.000000249. The van der Waals surface area contributed by atoms with E-state index in [1.165, 1.54) is 17.1 Å². The van der Waals surface area contributed by atoms with Gasteiger partial charge in [-0.2, -0.15) is 0 Å². The Kier molecular flexibility index (Phi) is 17.4. The van der Waals surface area contributed by atoms with Crippen molar-refractivity contribution in [1.82, 2.24) is 9.80 Å². The molecule has 2 aliphatic carbocycles. The molecule has 0 spiro atoms. The molecule has 1 N–H and O–H groups in total. The van der Waals surface area contributed by atoms with E-state index in [2.05, 4.69) is 25.3 Å². The van der Waals surface area contributed by atoms with Gasteiger partial charge in [-0.25, -0.2) is 19.2 Å². The van der Waals surface area contributed by atoms with Crippen molar-refractivity contribution in [3.8, 4) is 22.3 Å². The van der Waals surface area contributed by atoms with E-state index >= 15 is 0 Å². The van der Waals surface area contributed by atoms with Crippen LogP contribution in [0.1, 0.15) is 81.5 Å². The van der Waals surface area contributed by atoms with Gasteiger partial charge in [-0.05, 0) is 79.1 Å². The van der Waals surface area contributed by atoms with E-state index in [-0.39, 0.29) is 57.8 Å². The normalized spacial score (nSPS) is 13.1. The maximum Gasteiger partial charge on any atom is 0.410 e. The summed E-state index contributed by atoms with van der Waals surface area (Å²) < 4.78 is 26.7. The standard InChI is InChI=1S/C28H33NO6.C24H25NO6/c1-6-16-33-25(30)17-24(26(31)35-28(3,4)5)29(7-2)27(32)34-18-23-21-14-10-8-12-19(21)20-13-9-11-15-22(20)23;1-3-13-30-22(26)14-21(23(27)28)25(4-2)24(29)31-15-20-18-11-7-5-9-16(18)17-10-6-8-12-19(17)20/h6,8-15,23-24H,1,7,16-18H2,2-5H3;3,5-12,20-21H,1,4,13-15H2,2H3,(H,27,28)/t24-;21-/m00/s1. The van der Waals surface area contributed by atoms with Crippen molar-refractivity contribution in [1.29, 1.82) is 0 Å². The lowest BCUT2D eigenvalue weighted by atomic mass is 9.98. The smallest absolute Gasteiger partial charge is 0.410 e. The summed E-state index contributed by atoms with van der Waals surface area (Å²) in [6, 6.07) is 29.4. The molecule has 0 heterocycles. The van der Waals surface area contributed by atoms with Gasteiger partial charge in [-0.1, -0.05) is 122 Å². The monoisotopic (exact) mass is 902 g/mol. The Labute approximate surface area is 385 Å². The van der Waals surface area contributed by atoms with Gasteiger partial charge < -0.3 is 28.8 Å². The second kappa shape index (κ2) is 23.1. The first-order valence-electron chi connectivity index (χ1n) is 21.9. The number of carboxylic acid groups (broad SMARTS) is 1. The third-order valence-corrected chi connectivity index (χ3v) is 11.0. The summed E-state index contributed by atoms with van der Waals surface area (Å²) in [6.07, 6.45) is 0.525. The zero-order valence-electron chi connectivity index (χ0n) is 38.1. The third kappa shape index (κ3) is 12.3. The summed E-state index contributed by atoms with van der Waals surface area (Å²) in [5.74, 6) is -3.62. The molecular formula is C52H58N2O12. The Morgan fingerprint density at radius 3 is 1.23 bits per heavy atom. The molecule has 0 saturated carbocycles. The van der Waals surface area contributed by atoms with Gasteiger partial charge in [-0.3, -0.25) is 19.4 Å². The van der Waals surface area contributed by atoms with Crippen LogP contribution in [-0.2, 0) is 42.9 Å². The van der Waals surface area contributed by atoms with Crippen LogP contribution in [0.2, 0.25) is 0 Å². The van der Waals surface area contributed by atoms with Crippen molar-refractivity contribution < 1.29 is 57.6 Å². The molecule has 0 fully saturated rings. The maximum absolute atomic E-state index is 13.2. The Morgan fingerprint density at radius 2 is 0.909 bits per heavy atom. The molecule has 0 bridgehead atoms. The predicted molar refractivity (Wildman–Crippen MR) is 248 cm³/mol. The first-order valence-corrected chi connectivity index (χ1v) is 21.9. The molecule has 0 unspecified atom stereocenters. The Morgan fingerprint density at radius 1 is 0.576 bits per heavy atom. The first-order chi connectivity index (χ1) is 31.6. The number of rotatable bonds is 18. The number of nitrogens with zero attached hydrogens (tertiary/aromatic N) is 2. The molecule has 14 heteroatoms.